The van der Waals surface area contributed by atoms with Crippen molar-refractivity contribution in [1.29, 1.82) is 0 Å². The van der Waals surface area contributed by atoms with Crippen molar-refractivity contribution in [2.45, 2.75) is 13.2 Å². The number of nitrogens with one attached hydrogen (secondary N) is 1. The standard InChI is InChI=1S/C22H19N5O2/c28-22(15-27-21-12-5-4-11-20(21)24-26-27)25-23-14-18-9-6-10-19(13-18)29-16-17-7-2-1-3-8-17/h1-14H,15-16H2,(H,25,28). The van der Waals surface area contributed by atoms with E-state index in [2.05, 4.69) is 20.8 Å². The van der Waals surface area contributed by atoms with Gasteiger partial charge < -0.3 is 4.74 Å². The fourth-order valence-electron chi connectivity index (χ4n) is 2.81. The number of amides is 1. The summed E-state index contributed by atoms with van der Waals surface area (Å²) >= 11 is 0. The van der Waals surface area contributed by atoms with E-state index in [-0.39, 0.29) is 12.5 Å². The Morgan fingerprint density at radius 1 is 1.03 bits per heavy atom. The first-order chi connectivity index (χ1) is 14.3. The minimum absolute atomic E-state index is 0.0398. The summed E-state index contributed by atoms with van der Waals surface area (Å²) < 4.78 is 7.34. The Balaban J connectivity index is 1.32. The number of aromatic nitrogens is 3. The molecule has 4 aromatic rings. The zero-order chi connectivity index (χ0) is 19.9. The Hall–Kier alpha value is -4.00. The van der Waals surface area contributed by atoms with Crippen LogP contribution in [0.25, 0.3) is 11.0 Å². The van der Waals surface area contributed by atoms with Gasteiger partial charge >= 0.3 is 0 Å². The summed E-state index contributed by atoms with van der Waals surface area (Å²) in [6.07, 6.45) is 1.58. The van der Waals surface area contributed by atoms with Crippen LogP contribution in [0.3, 0.4) is 0 Å². The maximum absolute atomic E-state index is 12.1. The number of hydrogen-bond acceptors (Lipinski definition) is 5. The van der Waals surface area contributed by atoms with E-state index < -0.39 is 0 Å². The van der Waals surface area contributed by atoms with E-state index >= 15 is 0 Å². The van der Waals surface area contributed by atoms with E-state index in [1.807, 2.05) is 78.9 Å². The fraction of sp³-hybridized carbons (Fsp3) is 0.0909. The highest BCUT2D eigenvalue weighted by Crippen LogP contribution is 2.14. The van der Waals surface area contributed by atoms with Crippen molar-refractivity contribution in [1.82, 2.24) is 20.4 Å². The molecule has 3 aromatic carbocycles. The number of hydrazone groups is 1. The molecule has 0 bridgehead atoms. The molecule has 1 amide bonds. The van der Waals surface area contributed by atoms with Crippen molar-refractivity contribution in [3.63, 3.8) is 0 Å². The van der Waals surface area contributed by atoms with Crippen LogP contribution in [0.4, 0.5) is 0 Å². The monoisotopic (exact) mass is 385 g/mol. The molecule has 0 fully saturated rings. The number of hydrogen-bond donors (Lipinski definition) is 1. The van der Waals surface area contributed by atoms with Gasteiger partial charge in [0, 0.05) is 0 Å². The van der Waals surface area contributed by atoms with Gasteiger partial charge in [0.2, 0.25) is 0 Å². The molecule has 0 radical (unpaired) electrons. The van der Waals surface area contributed by atoms with E-state index in [9.17, 15) is 4.79 Å². The van der Waals surface area contributed by atoms with Gasteiger partial charge in [0.25, 0.3) is 5.91 Å². The Morgan fingerprint density at radius 2 is 1.86 bits per heavy atom. The molecule has 0 aliphatic heterocycles. The summed E-state index contributed by atoms with van der Waals surface area (Å²) in [5, 5.41) is 12.0. The molecule has 1 aromatic heterocycles. The molecule has 0 unspecified atom stereocenters. The molecule has 0 spiro atoms. The van der Waals surface area contributed by atoms with Crippen LogP contribution in [-0.4, -0.2) is 27.1 Å². The minimum atomic E-state index is -0.284. The number of ether oxygens (including phenoxy) is 1. The molecule has 0 aliphatic carbocycles. The lowest BCUT2D eigenvalue weighted by Crippen LogP contribution is -2.23. The van der Waals surface area contributed by atoms with Gasteiger partial charge in [0.1, 0.15) is 24.4 Å². The summed E-state index contributed by atoms with van der Waals surface area (Å²) in [4.78, 5) is 12.1. The molecule has 0 aliphatic rings. The second kappa shape index (κ2) is 8.79. The third kappa shape index (κ3) is 4.84. The highest BCUT2D eigenvalue weighted by atomic mass is 16.5. The van der Waals surface area contributed by atoms with Crippen LogP contribution in [0.1, 0.15) is 11.1 Å². The maximum Gasteiger partial charge on any atom is 0.261 e. The third-order valence-electron chi connectivity index (χ3n) is 4.22. The minimum Gasteiger partial charge on any atom is -0.489 e. The second-order valence-electron chi connectivity index (χ2n) is 6.38. The maximum atomic E-state index is 12.1. The zero-order valence-corrected chi connectivity index (χ0v) is 15.6. The number of fused-ring (bicyclic) bond motifs is 1. The van der Waals surface area contributed by atoms with E-state index in [1.54, 1.807) is 6.21 Å². The quantitative estimate of drug-likeness (QED) is 0.391. The predicted octanol–water partition coefficient (Wildman–Crippen LogP) is 3.16. The average Bonchev–Trinajstić information content (AvgIpc) is 3.16. The normalized spacial score (nSPS) is 11.0. The molecular formula is C22H19N5O2. The van der Waals surface area contributed by atoms with Crippen molar-refractivity contribution in [2.75, 3.05) is 0 Å². The second-order valence-corrected chi connectivity index (χ2v) is 6.38. The molecule has 0 saturated carbocycles. The molecule has 0 atom stereocenters. The number of carbonyl (C=O) groups is 1. The molecule has 4 rings (SSSR count). The number of nitrogens with zero attached hydrogens (tertiary/aromatic N) is 4. The third-order valence-corrected chi connectivity index (χ3v) is 4.22. The van der Waals surface area contributed by atoms with Gasteiger partial charge in [-0.25, -0.2) is 10.1 Å². The highest BCUT2D eigenvalue weighted by molar-refractivity contribution is 5.83. The number of rotatable bonds is 7. The van der Waals surface area contributed by atoms with Crippen LogP contribution in [0.15, 0.2) is 84.0 Å². The average molecular weight is 385 g/mol. The molecule has 0 saturated heterocycles. The summed E-state index contributed by atoms with van der Waals surface area (Å²) in [6, 6.07) is 24.9. The molecule has 1 heterocycles. The van der Waals surface area contributed by atoms with Crippen LogP contribution in [0.5, 0.6) is 5.75 Å². The van der Waals surface area contributed by atoms with Crippen LogP contribution in [-0.2, 0) is 17.9 Å². The Kier molecular flexibility index (Phi) is 5.57. The van der Waals surface area contributed by atoms with Crippen molar-refractivity contribution in [3.8, 4) is 5.75 Å². The van der Waals surface area contributed by atoms with E-state index in [0.29, 0.717) is 6.61 Å². The summed E-state index contributed by atoms with van der Waals surface area (Å²) in [7, 11) is 0. The van der Waals surface area contributed by atoms with Gasteiger partial charge in [-0.3, -0.25) is 4.79 Å². The summed E-state index contributed by atoms with van der Waals surface area (Å²) in [6.45, 7) is 0.530. The first-order valence-electron chi connectivity index (χ1n) is 9.15. The molecule has 29 heavy (non-hydrogen) atoms. The summed E-state index contributed by atoms with van der Waals surface area (Å²) in [5.41, 5.74) is 5.98. The molecule has 1 N–H and O–H groups in total. The lowest BCUT2D eigenvalue weighted by atomic mass is 10.2. The van der Waals surface area contributed by atoms with E-state index in [1.165, 1.54) is 4.68 Å². The first kappa shape index (κ1) is 18.4. The number of benzene rings is 3. The fourth-order valence-corrected chi connectivity index (χ4v) is 2.81. The van der Waals surface area contributed by atoms with E-state index in [4.69, 9.17) is 4.74 Å². The van der Waals surface area contributed by atoms with Gasteiger partial charge in [-0.2, -0.15) is 5.10 Å². The number of para-hydroxylation sites is 1. The van der Waals surface area contributed by atoms with Crippen molar-refractivity contribution < 1.29 is 9.53 Å². The van der Waals surface area contributed by atoms with Crippen molar-refractivity contribution >= 4 is 23.2 Å². The first-order valence-corrected chi connectivity index (χ1v) is 9.15. The van der Waals surface area contributed by atoms with Gasteiger partial charge in [-0.15, -0.1) is 5.10 Å². The van der Waals surface area contributed by atoms with Crippen LogP contribution < -0.4 is 10.2 Å². The lowest BCUT2D eigenvalue weighted by Gasteiger charge is -2.06. The van der Waals surface area contributed by atoms with Crippen LogP contribution in [0, 0.1) is 0 Å². The predicted molar refractivity (Wildman–Crippen MR) is 110 cm³/mol. The zero-order valence-electron chi connectivity index (χ0n) is 15.6. The highest BCUT2D eigenvalue weighted by Gasteiger charge is 2.07. The lowest BCUT2D eigenvalue weighted by molar-refractivity contribution is -0.121. The molecule has 144 valence electrons. The topological polar surface area (TPSA) is 81.4 Å². The Morgan fingerprint density at radius 3 is 2.76 bits per heavy atom. The molecule has 7 nitrogen and oxygen atoms in total. The Bertz CT molecular complexity index is 1140. The Labute approximate surface area is 167 Å². The van der Waals surface area contributed by atoms with Gasteiger partial charge in [-0.1, -0.05) is 59.8 Å². The SMILES string of the molecule is O=C(Cn1nnc2ccccc21)NN=Cc1cccc(OCc2ccccc2)c1. The van der Waals surface area contributed by atoms with Crippen molar-refractivity contribution in [2.24, 2.45) is 5.10 Å². The van der Waals surface area contributed by atoms with Crippen LogP contribution in [0.2, 0.25) is 0 Å². The summed E-state index contributed by atoms with van der Waals surface area (Å²) in [5.74, 6) is 0.451. The number of carbonyl (C=O) groups excluding carboxylic acids is 1. The van der Waals surface area contributed by atoms with Crippen LogP contribution >= 0.6 is 0 Å². The smallest absolute Gasteiger partial charge is 0.261 e. The van der Waals surface area contributed by atoms with Crippen molar-refractivity contribution in [3.05, 3.63) is 90.0 Å². The van der Waals surface area contributed by atoms with Gasteiger partial charge in [-0.05, 0) is 35.4 Å². The largest absolute Gasteiger partial charge is 0.489 e. The van der Waals surface area contributed by atoms with Gasteiger partial charge in [0.15, 0.2) is 0 Å². The molecular weight excluding hydrogens is 366 g/mol. The van der Waals surface area contributed by atoms with E-state index in [0.717, 1.165) is 27.9 Å². The van der Waals surface area contributed by atoms with Gasteiger partial charge in [0.05, 0.1) is 11.7 Å². The molecule has 7 heteroatoms.